The monoisotopic (exact) mass is 118 g/mol. The van der Waals surface area contributed by atoms with Gasteiger partial charge < -0.3 is 4.74 Å². The van der Waals surface area contributed by atoms with Crippen molar-refractivity contribution in [3.63, 3.8) is 0 Å². The van der Waals surface area contributed by atoms with Gasteiger partial charge in [-0.1, -0.05) is 6.07 Å². The Bertz CT molecular complexity index is 195. The molecule has 0 radical (unpaired) electrons. The number of hydrogen-bond acceptors (Lipinski definition) is 1. The van der Waals surface area contributed by atoms with Crippen LogP contribution in [0.25, 0.3) is 0 Å². The molecule has 1 heteroatoms. The highest BCUT2D eigenvalue weighted by Gasteiger charge is 2.08. The average molecular weight is 118 g/mol. The first-order valence-electron chi connectivity index (χ1n) is 3.01. The van der Waals surface area contributed by atoms with E-state index in [1.807, 2.05) is 12.1 Å². The minimum absolute atomic E-state index is 0.809. The number of rotatable bonds is 0. The van der Waals surface area contributed by atoms with E-state index >= 15 is 0 Å². The maximum atomic E-state index is 5.21. The minimum atomic E-state index is 0.809. The van der Waals surface area contributed by atoms with Gasteiger partial charge in [0.05, 0.1) is 6.61 Å². The molecule has 0 amide bonds. The van der Waals surface area contributed by atoms with Crippen LogP contribution in [0.15, 0.2) is 12.1 Å². The van der Waals surface area contributed by atoms with E-state index in [4.69, 9.17) is 4.74 Å². The Kier molecular flexibility index (Phi) is 0.868. The average Bonchev–Trinajstić information content (AvgIpc) is 2.33. The normalized spacial score (nSPS) is 13.8. The summed E-state index contributed by atoms with van der Waals surface area (Å²) in [4.78, 5) is 0. The Labute approximate surface area is 54.3 Å². The van der Waals surface area contributed by atoms with Gasteiger partial charge in [-0.05, 0) is 18.2 Å². The van der Waals surface area contributed by atoms with E-state index in [1.54, 1.807) is 0 Å². The third-order valence-electron chi connectivity index (χ3n) is 1.46. The molecule has 0 aliphatic carbocycles. The maximum Gasteiger partial charge on any atom is 0.173 e. The van der Waals surface area contributed by atoms with Crippen molar-refractivity contribution in [2.24, 2.45) is 0 Å². The molecule has 1 aromatic rings. The van der Waals surface area contributed by atoms with Gasteiger partial charge >= 0.3 is 0 Å². The first-order chi connectivity index (χ1) is 4.47. The summed E-state index contributed by atoms with van der Waals surface area (Å²) in [6, 6.07) is 9.64. The molecule has 0 spiro atoms. The molecule has 44 valence electrons. The summed E-state index contributed by atoms with van der Waals surface area (Å²) < 4.78 is 5.21. The second-order valence-electron chi connectivity index (χ2n) is 2.06. The Balaban J connectivity index is 2.54. The highest BCUT2D eigenvalue weighted by molar-refractivity contribution is 5.31. The fraction of sp³-hybridized carbons (Fsp3) is 0.250. The summed E-state index contributed by atoms with van der Waals surface area (Å²) in [5.74, 6) is 0.887. The number of hydrogen-bond donors (Lipinski definition) is 0. The zero-order chi connectivity index (χ0) is 6.10. The Morgan fingerprint density at radius 2 is 2.56 bits per heavy atom. The molecule has 1 heterocycles. The largest absolute Gasteiger partial charge is 0.485 e. The molecule has 1 aliphatic rings. The quantitative estimate of drug-likeness (QED) is 0.497. The minimum Gasteiger partial charge on any atom is -0.485 e. The van der Waals surface area contributed by atoms with Gasteiger partial charge in [-0.15, -0.1) is 0 Å². The van der Waals surface area contributed by atoms with E-state index in [2.05, 4.69) is 12.1 Å². The maximum absolute atomic E-state index is 5.21. The topological polar surface area (TPSA) is 9.23 Å². The lowest BCUT2D eigenvalue weighted by Gasteiger charge is -1.88. The Morgan fingerprint density at radius 3 is 3.44 bits per heavy atom. The lowest BCUT2D eigenvalue weighted by atomic mass is 10.2. The summed E-state index contributed by atoms with van der Waals surface area (Å²) >= 11 is 0. The fourth-order valence-corrected chi connectivity index (χ4v) is 0.994. The molecule has 0 unspecified atom stereocenters. The molecular weight excluding hydrogens is 112 g/mol. The molecule has 1 aromatic carbocycles. The van der Waals surface area contributed by atoms with E-state index in [9.17, 15) is 0 Å². The fourth-order valence-electron chi connectivity index (χ4n) is 0.994. The van der Waals surface area contributed by atoms with Crippen molar-refractivity contribution in [3.8, 4) is 5.75 Å². The van der Waals surface area contributed by atoms with Crippen LogP contribution in [0, 0.1) is 12.1 Å². The van der Waals surface area contributed by atoms with Crippen LogP contribution < -0.4 is 4.74 Å². The first-order valence-corrected chi connectivity index (χ1v) is 3.01. The number of fused-ring (bicyclic) bond motifs is 1. The van der Waals surface area contributed by atoms with Crippen molar-refractivity contribution in [2.75, 3.05) is 6.61 Å². The second kappa shape index (κ2) is 1.66. The van der Waals surface area contributed by atoms with Crippen LogP contribution in [-0.2, 0) is 6.42 Å². The van der Waals surface area contributed by atoms with Crippen molar-refractivity contribution in [3.05, 3.63) is 29.8 Å². The lowest BCUT2D eigenvalue weighted by molar-refractivity contribution is 0.357. The van der Waals surface area contributed by atoms with Gasteiger partial charge in [0.25, 0.3) is 0 Å². The lowest BCUT2D eigenvalue weighted by Crippen LogP contribution is -1.85. The van der Waals surface area contributed by atoms with Gasteiger partial charge in [0, 0.05) is 12.0 Å². The molecule has 2 rings (SSSR count). The molecule has 0 fully saturated rings. The predicted molar refractivity (Wildman–Crippen MR) is 33.3 cm³/mol. The smallest absolute Gasteiger partial charge is 0.173 e. The van der Waals surface area contributed by atoms with E-state index in [0.717, 1.165) is 18.8 Å². The van der Waals surface area contributed by atoms with E-state index < -0.39 is 0 Å². The van der Waals surface area contributed by atoms with Crippen molar-refractivity contribution in [1.82, 2.24) is 0 Å². The highest BCUT2D eigenvalue weighted by Crippen LogP contribution is 2.20. The van der Waals surface area contributed by atoms with Crippen LogP contribution >= 0.6 is 0 Å². The van der Waals surface area contributed by atoms with Gasteiger partial charge in [0.1, 0.15) is 0 Å². The molecule has 9 heavy (non-hydrogen) atoms. The van der Waals surface area contributed by atoms with Gasteiger partial charge in [-0.25, -0.2) is 0 Å². The summed E-state index contributed by atoms with van der Waals surface area (Å²) in [7, 11) is 0. The summed E-state index contributed by atoms with van der Waals surface area (Å²) in [6.45, 7) is 0.809. The van der Waals surface area contributed by atoms with Crippen molar-refractivity contribution in [1.29, 1.82) is 0 Å². The molecule has 0 aromatic heterocycles. The van der Waals surface area contributed by atoms with Crippen molar-refractivity contribution in [2.45, 2.75) is 6.42 Å². The van der Waals surface area contributed by atoms with Gasteiger partial charge in [0.15, 0.2) is 5.75 Å². The summed E-state index contributed by atoms with van der Waals surface area (Å²) in [5, 5.41) is 0. The third-order valence-corrected chi connectivity index (χ3v) is 1.46. The molecule has 0 saturated heterocycles. The van der Waals surface area contributed by atoms with Crippen molar-refractivity contribution < 1.29 is 4.74 Å². The van der Waals surface area contributed by atoms with Crippen LogP contribution in [0.3, 0.4) is 0 Å². The van der Waals surface area contributed by atoms with Gasteiger partial charge in [-0.2, -0.15) is 0 Å². The summed E-state index contributed by atoms with van der Waals surface area (Å²) in [5.41, 5.74) is 1.26. The highest BCUT2D eigenvalue weighted by atomic mass is 16.5. The van der Waals surface area contributed by atoms with Crippen molar-refractivity contribution >= 4 is 0 Å². The molecule has 0 atom stereocenters. The third kappa shape index (κ3) is 0.639. The van der Waals surface area contributed by atoms with Gasteiger partial charge in [0.2, 0.25) is 0 Å². The standard InChI is InChI=1S/C8H6O/c1-2-4-8-7(3-1)5-6-9-8/h1,3H,5-6H2. The zero-order valence-corrected chi connectivity index (χ0v) is 4.98. The molecular formula is C8H6O. The van der Waals surface area contributed by atoms with Crippen LogP contribution in [0.2, 0.25) is 0 Å². The van der Waals surface area contributed by atoms with E-state index in [1.165, 1.54) is 5.56 Å². The number of ether oxygens (including phenoxy) is 1. The van der Waals surface area contributed by atoms with Crippen LogP contribution in [0.4, 0.5) is 0 Å². The van der Waals surface area contributed by atoms with E-state index in [-0.39, 0.29) is 0 Å². The molecule has 0 saturated carbocycles. The molecule has 0 bridgehead atoms. The Hall–Kier alpha value is -1.16. The zero-order valence-electron chi connectivity index (χ0n) is 4.98. The van der Waals surface area contributed by atoms with Crippen LogP contribution in [0.1, 0.15) is 5.56 Å². The predicted octanol–water partition coefficient (Wildman–Crippen LogP) is 1.22. The molecule has 0 N–H and O–H groups in total. The van der Waals surface area contributed by atoms with Gasteiger partial charge in [-0.3, -0.25) is 0 Å². The summed E-state index contributed by atoms with van der Waals surface area (Å²) in [6.07, 6.45) is 1.03. The second-order valence-corrected chi connectivity index (χ2v) is 2.06. The Morgan fingerprint density at radius 1 is 1.56 bits per heavy atom. The molecule has 1 aliphatic heterocycles. The first kappa shape index (κ1) is 4.69. The van der Waals surface area contributed by atoms with E-state index in [0.29, 0.717) is 0 Å². The van der Waals surface area contributed by atoms with Crippen LogP contribution in [-0.4, -0.2) is 6.61 Å². The SMILES string of the molecule is c1ccc2c(c#1)OCC2. The van der Waals surface area contributed by atoms with Crippen LogP contribution in [0.5, 0.6) is 5.75 Å². The molecule has 1 nitrogen and oxygen atoms in total.